The van der Waals surface area contributed by atoms with Crippen LogP contribution in [0.5, 0.6) is 0 Å². The van der Waals surface area contributed by atoms with E-state index in [1.165, 1.54) is 0 Å². The average molecular weight is 332 g/mol. The van der Waals surface area contributed by atoms with Gasteiger partial charge in [-0.05, 0) is 12.5 Å². The second-order valence-electron chi connectivity index (χ2n) is 6.31. The molecule has 0 amide bonds. The van der Waals surface area contributed by atoms with Crippen LogP contribution in [-0.2, 0) is 9.47 Å². The summed E-state index contributed by atoms with van der Waals surface area (Å²) in [7, 11) is 0. The third-order valence-electron chi connectivity index (χ3n) is 5.06. The fourth-order valence-electron chi connectivity index (χ4n) is 4.02. The smallest absolute Gasteiger partial charge is 0.218 e. The topological polar surface area (TPSA) is 114 Å². The number of rotatable bonds is 2. The molecule has 25 heavy (non-hydrogen) atoms. The van der Waals surface area contributed by atoms with Crippen LogP contribution in [0.15, 0.2) is 42.5 Å². The van der Waals surface area contributed by atoms with Crippen molar-refractivity contribution in [3.05, 3.63) is 48.0 Å². The summed E-state index contributed by atoms with van der Waals surface area (Å²) in [5.41, 5.74) is -2.99. The van der Waals surface area contributed by atoms with Gasteiger partial charge >= 0.3 is 0 Å². The third kappa shape index (κ3) is 1.82. The molecule has 2 aliphatic rings. The van der Waals surface area contributed by atoms with Crippen LogP contribution in [0.2, 0.25) is 0 Å². The van der Waals surface area contributed by atoms with E-state index in [0.29, 0.717) is 5.56 Å². The van der Waals surface area contributed by atoms with Gasteiger partial charge in [0, 0.05) is 6.92 Å². The molecule has 124 valence electrons. The van der Waals surface area contributed by atoms with Crippen LogP contribution in [0.25, 0.3) is 0 Å². The number of benzene rings is 1. The van der Waals surface area contributed by atoms with Crippen LogP contribution in [0.1, 0.15) is 25.3 Å². The maximum Gasteiger partial charge on any atom is 0.218 e. The van der Waals surface area contributed by atoms with E-state index in [-0.39, 0.29) is 0 Å². The Morgan fingerprint density at radius 2 is 1.76 bits per heavy atom. The van der Waals surface area contributed by atoms with Gasteiger partial charge in [0.2, 0.25) is 17.1 Å². The molecule has 0 saturated carbocycles. The molecule has 2 fully saturated rings. The predicted octanol–water partition coefficient (Wildman–Crippen LogP) is 3.01. The second-order valence-corrected chi connectivity index (χ2v) is 6.31. The largest absolute Gasteiger partial charge is 0.447 e. The van der Waals surface area contributed by atoms with Gasteiger partial charge in [0.05, 0.1) is 24.1 Å². The first-order chi connectivity index (χ1) is 12.0. The van der Waals surface area contributed by atoms with E-state index >= 15 is 0 Å². The zero-order valence-corrected chi connectivity index (χ0v) is 13.9. The normalized spacial score (nSPS) is 35.4. The number of nitrogens with zero attached hydrogens (tertiary/aromatic N) is 3. The lowest BCUT2D eigenvalue weighted by Crippen LogP contribution is -2.60. The van der Waals surface area contributed by atoms with Crippen molar-refractivity contribution < 1.29 is 9.47 Å². The first-order valence-electron chi connectivity index (χ1n) is 7.83. The lowest BCUT2D eigenvalue weighted by Gasteiger charge is -2.48. The Morgan fingerprint density at radius 1 is 1.12 bits per heavy atom. The van der Waals surface area contributed by atoms with Crippen molar-refractivity contribution >= 4 is 5.90 Å². The van der Waals surface area contributed by atoms with E-state index in [2.05, 4.69) is 6.07 Å². The van der Waals surface area contributed by atoms with Crippen LogP contribution >= 0.6 is 0 Å². The molecule has 0 aliphatic carbocycles. The van der Waals surface area contributed by atoms with E-state index < -0.39 is 34.5 Å². The lowest BCUT2D eigenvalue weighted by molar-refractivity contribution is -0.237. The average Bonchev–Trinajstić information content (AvgIpc) is 2.80. The standard InChI is InChI=1S/C19H16N4O2/c1-3-7-14-18(10-20,11-21)19(12-22)15(13-8-5-4-6-9-13)17(2,24-14)25-16(19)23/h3-9,14-15,23H,1-2H3. The van der Waals surface area contributed by atoms with Crippen molar-refractivity contribution in [2.75, 3.05) is 0 Å². The van der Waals surface area contributed by atoms with Crippen LogP contribution in [0.3, 0.4) is 0 Å². The predicted molar refractivity (Wildman–Crippen MR) is 87.8 cm³/mol. The summed E-state index contributed by atoms with van der Waals surface area (Å²) in [6, 6.07) is 15.1. The zero-order valence-electron chi connectivity index (χ0n) is 13.9. The van der Waals surface area contributed by atoms with Gasteiger partial charge in [0.15, 0.2) is 5.41 Å². The third-order valence-corrected chi connectivity index (χ3v) is 5.06. The van der Waals surface area contributed by atoms with Gasteiger partial charge in [-0.1, -0.05) is 42.5 Å². The fourth-order valence-corrected chi connectivity index (χ4v) is 4.02. The molecule has 2 aliphatic heterocycles. The number of allylic oxidation sites excluding steroid dienone is 1. The second kappa shape index (κ2) is 5.45. The van der Waals surface area contributed by atoms with Gasteiger partial charge in [0.1, 0.15) is 6.10 Å². The van der Waals surface area contributed by atoms with Gasteiger partial charge in [-0.3, -0.25) is 5.41 Å². The number of nitrogens with one attached hydrogen (secondary N) is 1. The quantitative estimate of drug-likeness (QED) is 0.836. The van der Waals surface area contributed by atoms with Crippen LogP contribution < -0.4 is 0 Å². The summed E-state index contributed by atoms with van der Waals surface area (Å²) in [6.07, 6.45) is 2.24. The molecule has 1 aromatic carbocycles. The maximum atomic E-state index is 10.1. The Hall–Kier alpha value is -3.14. The first kappa shape index (κ1) is 16.7. The molecule has 1 N–H and O–H groups in total. The highest BCUT2D eigenvalue weighted by atomic mass is 16.7. The molecule has 4 atom stereocenters. The number of fused-ring (bicyclic) bond motifs is 2. The van der Waals surface area contributed by atoms with Crippen molar-refractivity contribution in [1.82, 2.24) is 0 Å². The SMILES string of the molecule is CC=CC1OC2(C)OC(=N)C(C#N)(C2c2ccccc2)C1(C#N)C#N. The van der Waals surface area contributed by atoms with Crippen molar-refractivity contribution in [3.8, 4) is 18.2 Å². The Labute approximate surface area is 146 Å². The van der Waals surface area contributed by atoms with E-state index in [4.69, 9.17) is 14.9 Å². The minimum Gasteiger partial charge on any atom is -0.447 e. The molecule has 2 bridgehead atoms. The monoisotopic (exact) mass is 332 g/mol. The molecule has 0 spiro atoms. The molecule has 0 radical (unpaired) electrons. The Balaban J connectivity index is 2.38. The fraction of sp³-hybridized carbons (Fsp3) is 0.368. The van der Waals surface area contributed by atoms with Crippen molar-refractivity contribution in [2.24, 2.45) is 10.8 Å². The molecule has 4 unspecified atom stereocenters. The first-order valence-corrected chi connectivity index (χ1v) is 7.83. The van der Waals surface area contributed by atoms with Crippen molar-refractivity contribution in [1.29, 1.82) is 21.2 Å². The minimum atomic E-state index is -1.90. The molecule has 1 aromatic rings. The van der Waals surface area contributed by atoms with Gasteiger partial charge in [-0.2, -0.15) is 15.8 Å². The van der Waals surface area contributed by atoms with Crippen LogP contribution in [-0.4, -0.2) is 17.8 Å². The molecule has 6 nitrogen and oxygen atoms in total. The number of hydrogen-bond acceptors (Lipinski definition) is 6. The molecule has 2 heterocycles. The van der Waals surface area contributed by atoms with E-state index in [1.807, 2.05) is 18.2 Å². The van der Waals surface area contributed by atoms with Crippen LogP contribution in [0, 0.1) is 50.2 Å². The van der Waals surface area contributed by atoms with Gasteiger partial charge in [0.25, 0.3) is 0 Å². The summed E-state index contributed by atoms with van der Waals surface area (Å²) in [4.78, 5) is 0. The Bertz CT molecular complexity index is 859. The summed E-state index contributed by atoms with van der Waals surface area (Å²) in [5.74, 6) is -2.50. The van der Waals surface area contributed by atoms with E-state index in [0.717, 1.165) is 0 Å². The summed E-state index contributed by atoms with van der Waals surface area (Å²) in [6.45, 7) is 3.38. The maximum absolute atomic E-state index is 10.1. The highest BCUT2D eigenvalue weighted by molar-refractivity contribution is 5.90. The highest BCUT2D eigenvalue weighted by Crippen LogP contribution is 2.66. The van der Waals surface area contributed by atoms with E-state index in [1.54, 1.807) is 50.3 Å². The summed E-state index contributed by atoms with van der Waals surface area (Å²) >= 11 is 0. The highest BCUT2D eigenvalue weighted by Gasteiger charge is 2.79. The summed E-state index contributed by atoms with van der Waals surface area (Å²) in [5, 5.41) is 38.3. The van der Waals surface area contributed by atoms with Crippen LogP contribution in [0.4, 0.5) is 0 Å². The minimum absolute atomic E-state index is 0.401. The Kier molecular flexibility index (Phi) is 3.64. The van der Waals surface area contributed by atoms with Gasteiger partial charge < -0.3 is 9.47 Å². The van der Waals surface area contributed by atoms with Gasteiger partial charge in [-0.15, -0.1) is 0 Å². The molecule has 2 saturated heterocycles. The molecule has 6 heteroatoms. The number of ether oxygens (including phenoxy) is 2. The van der Waals surface area contributed by atoms with E-state index in [9.17, 15) is 15.8 Å². The Morgan fingerprint density at radius 3 is 2.28 bits per heavy atom. The van der Waals surface area contributed by atoms with Crippen molar-refractivity contribution in [2.45, 2.75) is 31.7 Å². The summed E-state index contributed by atoms with van der Waals surface area (Å²) < 4.78 is 11.7. The molecule has 3 rings (SSSR count). The van der Waals surface area contributed by atoms with Crippen molar-refractivity contribution in [3.63, 3.8) is 0 Å². The molecule has 0 aromatic heterocycles. The molecular formula is C19H16N4O2. The zero-order chi connectivity index (χ0) is 18.3. The lowest BCUT2D eigenvalue weighted by atomic mass is 9.53. The number of nitriles is 3. The number of hydrogen-bond donors (Lipinski definition) is 1. The molecular weight excluding hydrogens is 316 g/mol. The van der Waals surface area contributed by atoms with Gasteiger partial charge in [-0.25, -0.2) is 0 Å².